The molecule has 0 spiro atoms. The van der Waals surface area contributed by atoms with Crippen molar-refractivity contribution in [3.63, 3.8) is 0 Å². The molecule has 0 atom stereocenters. The first kappa shape index (κ1) is 15.2. The summed E-state index contributed by atoms with van der Waals surface area (Å²) in [4.78, 5) is 23.1. The minimum absolute atomic E-state index is 0.0134. The number of aryl methyl sites for hydroxylation is 1. The van der Waals surface area contributed by atoms with Crippen LogP contribution in [0, 0.1) is 6.92 Å². The topological polar surface area (TPSA) is 79.8 Å². The van der Waals surface area contributed by atoms with E-state index >= 15 is 0 Å². The quantitative estimate of drug-likeness (QED) is 0.822. The Balaban J connectivity index is 2.90. The molecule has 2 N–H and O–H groups in total. The lowest BCUT2D eigenvalue weighted by Gasteiger charge is -2.12. The first-order chi connectivity index (χ1) is 8.18. The van der Waals surface area contributed by atoms with Crippen LogP contribution < -0.4 is 10.6 Å². The minimum Gasteiger partial charge on any atom is -0.336 e. The molecule has 0 aliphatic rings. The molecular formula is C9H12Cl3N5O. The molecule has 1 aromatic rings. The lowest BCUT2D eigenvalue weighted by molar-refractivity contribution is 0.250. The van der Waals surface area contributed by atoms with E-state index in [-0.39, 0.29) is 17.8 Å². The second kappa shape index (κ2) is 5.86. The molecule has 1 rings (SSSR count). The Morgan fingerprint density at radius 2 is 1.83 bits per heavy atom. The van der Waals surface area contributed by atoms with E-state index in [0.717, 1.165) is 0 Å². The second-order valence-electron chi connectivity index (χ2n) is 3.78. The van der Waals surface area contributed by atoms with E-state index in [1.54, 1.807) is 6.92 Å². The zero-order chi connectivity index (χ0) is 13.9. The van der Waals surface area contributed by atoms with Crippen molar-refractivity contribution in [1.82, 2.24) is 20.3 Å². The van der Waals surface area contributed by atoms with Crippen LogP contribution in [0.4, 0.5) is 10.7 Å². The smallest absolute Gasteiger partial charge is 0.321 e. The summed E-state index contributed by atoms with van der Waals surface area (Å²) >= 11 is 17.0. The molecule has 100 valence electrons. The number of urea groups is 1. The number of hydrogen-bond donors (Lipinski definition) is 2. The van der Waals surface area contributed by atoms with Crippen molar-refractivity contribution < 1.29 is 4.79 Å². The van der Waals surface area contributed by atoms with Gasteiger partial charge in [0.15, 0.2) is 5.82 Å². The molecular weight excluding hydrogens is 300 g/mol. The molecule has 0 aliphatic carbocycles. The molecule has 0 radical (unpaired) electrons. The Morgan fingerprint density at radius 1 is 1.22 bits per heavy atom. The molecule has 0 bridgehead atoms. The fraction of sp³-hybridized carbons (Fsp3) is 0.556. The summed E-state index contributed by atoms with van der Waals surface area (Å²) in [5, 5.41) is 5.06. The summed E-state index contributed by atoms with van der Waals surface area (Å²) in [5.74, 6) is 0.327. The molecule has 0 saturated heterocycles. The van der Waals surface area contributed by atoms with Crippen LogP contribution >= 0.6 is 34.8 Å². The van der Waals surface area contributed by atoms with E-state index < -0.39 is 9.82 Å². The summed E-state index contributed by atoms with van der Waals surface area (Å²) in [7, 11) is 0. The van der Waals surface area contributed by atoms with Crippen molar-refractivity contribution >= 4 is 46.8 Å². The van der Waals surface area contributed by atoms with Crippen LogP contribution in [0.25, 0.3) is 0 Å². The van der Waals surface area contributed by atoms with Gasteiger partial charge in [-0.1, -0.05) is 34.8 Å². The van der Waals surface area contributed by atoms with Crippen molar-refractivity contribution in [3.05, 3.63) is 11.6 Å². The number of rotatable bonds is 2. The molecule has 0 unspecified atom stereocenters. The number of anilines is 1. The maximum absolute atomic E-state index is 11.5. The van der Waals surface area contributed by atoms with Gasteiger partial charge >= 0.3 is 6.03 Å². The number of nitrogens with one attached hydrogen (secondary N) is 2. The number of hydrogen-bond acceptors (Lipinski definition) is 4. The number of nitrogens with zero attached hydrogens (tertiary/aromatic N) is 3. The average Bonchev–Trinajstić information content (AvgIpc) is 2.13. The highest BCUT2D eigenvalue weighted by molar-refractivity contribution is 6.66. The van der Waals surface area contributed by atoms with E-state index in [9.17, 15) is 4.79 Å². The SMILES string of the molecule is Cc1nc(NC(=O)NC(C)C)nc(C(Cl)(Cl)Cl)n1. The Labute approximate surface area is 119 Å². The number of carbonyl (C=O) groups excluding carboxylic acids is 1. The first-order valence-electron chi connectivity index (χ1n) is 5.06. The van der Waals surface area contributed by atoms with Crippen LogP contribution in [0.2, 0.25) is 0 Å². The first-order valence-corrected chi connectivity index (χ1v) is 6.19. The molecule has 0 saturated carbocycles. The number of aromatic nitrogens is 3. The molecule has 0 fully saturated rings. The molecule has 1 heterocycles. The fourth-order valence-electron chi connectivity index (χ4n) is 1.06. The number of halogens is 3. The fourth-order valence-corrected chi connectivity index (χ4v) is 1.32. The normalized spacial score (nSPS) is 11.5. The van der Waals surface area contributed by atoms with Gasteiger partial charge in [0.2, 0.25) is 9.74 Å². The lowest BCUT2D eigenvalue weighted by atomic mass is 10.4. The zero-order valence-electron chi connectivity index (χ0n) is 9.96. The number of alkyl halides is 3. The monoisotopic (exact) mass is 311 g/mol. The summed E-state index contributed by atoms with van der Waals surface area (Å²) in [6.07, 6.45) is 0. The van der Waals surface area contributed by atoms with Crippen molar-refractivity contribution in [2.75, 3.05) is 5.32 Å². The third kappa shape index (κ3) is 4.80. The zero-order valence-corrected chi connectivity index (χ0v) is 12.2. The van der Waals surface area contributed by atoms with Gasteiger partial charge in [-0.25, -0.2) is 9.78 Å². The van der Waals surface area contributed by atoms with Gasteiger partial charge in [-0.05, 0) is 20.8 Å². The van der Waals surface area contributed by atoms with E-state index in [2.05, 4.69) is 25.6 Å². The predicted molar refractivity (Wildman–Crippen MR) is 71.1 cm³/mol. The molecule has 2 amide bonds. The van der Waals surface area contributed by atoms with E-state index in [1.165, 1.54) is 0 Å². The molecule has 0 aliphatic heterocycles. The van der Waals surface area contributed by atoms with E-state index in [4.69, 9.17) is 34.8 Å². The van der Waals surface area contributed by atoms with Gasteiger partial charge in [0.05, 0.1) is 0 Å². The molecule has 1 aromatic heterocycles. The summed E-state index contributed by atoms with van der Waals surface area (Å²) in [6, 6.07) is -0.452. The Hall–Kier alpha value is -0.850. The maximum Gasteiger partial charge on any atom is 0.321 e. The Morgan fingerprint density at radius 3 is 2.33 bits per heavy atom. The van der Waals surface area contributed by atoms with Crippen LogP contribution in [-0.2, 0) is 3.79 Å². The van der Waals surface area contributed by atoms with Crippen LogP contribution in [0.15, 0.2) is 0 Å². The Bertz CT molecular complexity index is 446. The van der Waals surface area contributed by atoms with Crippen molar-refractivity contribution in [2.45, 2.75) is 30.6 Å². The highest BCUT2D eigenvalue weighted by Crippen LogP contribution is 2.35. The standard InChI is InChI=1S/C9H12Cl3N5O/c1-4(2)13-8(18)17-7-15-5(3)14-6(16-7)9(10,11)12/h4H,1-3H3,(H2,13,14,15,16,17,18). The second-order valence-corrected chi connectivity index (χ2v) is 6.06. The van der Waals surface area contributed by atoms with Crippen molar-refractivity contribution in [3.8, 4) is 0 Å². The predicted octanol–water partition coefficient (Wildman–Crippen LogP) is 2.54. The number of amides is 2. The van der Waals surface area contributed by atoms with E-state index in [1.807, 2.05) is 13.8 Å². The lowest BCUT2D eigenvalue weighted by Crippen LogP contribution is -2.35. The largest absolute Gasteiger partial charge is 0.336 e. The molecule has 18 heavy (non-hydrogen) atoms. The molecule has 9 heteroatoms. The van der Waals surface area contributed by atoms with Gasteiger partial charge in [-0.2, -0.15) is 9.97 Å². The molecule has 0 aromatic carbocycles. The minimum atomic E-state index is -1.77. The highest BCUT2D eigenvalue weighted by Gasteiger charge is 2.28. The molecule has 6 nitrogen and oxygen atoms in total. The third-order valence-corrected chi connectivity index (χ3v) is 2.15. The Kier molecular flexibility index (Phi) is 4.95. The third-order valence-electron chi connectivity index (χ3n) is 1.65. The van der Waals surface area contributed by atoms with Crippen LogP contribution in [0.1, 0.15) is 25.5 Å². The summed E-state index contributed by atoms with van der Waals surface area (Å²) in [6.45, 7) is 5.25. The van der Waals surface area contributed by atoms with Gasteiger partial charge in [0, 0.05) is 6.04 Å². The summed E-state index contributed by atoms with van der Waals surface area (Å²) < 4.78 is -1.77. The van der Waals surface area contributed by atoms with Crippen molar-refractivity contribution in [2.24, 2.45) is 0 Å². The highest BCUT2D eigenvalue weighted by atomic mass is 35.6. The van der Waals surface area contributed by atoms with Gasteiger partial charge < -0.3 is 5.32 Å². The van der Waals surface area contributed by atoms with Gasteiger partial charge in [-0.15, -0.1) is 0 Å². The average molecular weight is 313 g/mol. The van der Waals surface area contributed by atoms with E-state index in [0.29, 0.717) is 5.82 Å². The van der Waals surface area contributed by atoms with Crippen molar-refractivity contribution in [1.29, 1.82) is 0 Å². The van der Waals surface area contributed by atoms with Crippen LogP contribution in [-0.4, -0.2) is 27.0 Å². The maximum atomic E-state index is 11.5. The number of carbonyl (C=O) groups is 1. The van der Waals surface area contributed by atoms with Gasteiger partial charge in [0.25, 0.3) is 0 Å². The van der Waals surface area contributed by atoms with Gasteiger partial charge in [0.1, 0.15) is 5.82 Å². The summed E-state index contributed by atoms with van der Waals surface area (Å²) in [5.41, 5.74) is 0. The van der Waals surface area contributed by atoms with Crippen LogP contribution in [0.3, 0.4) is 0 Å². The van der Waals surface area contributed by atoms with Crippen LogP contribution in [0.5, 0.6) is 0 Å². The van der Waals surface area contributed by atoms with Gasteiger partial charge in [-0.3, -0.25) is 5.32 Å².